The summed E-state index contributed by atoms with van der Waals surface area (Å²) in [5, 5.41) is 10.4. The third-order valence-electron chi connectivity index (χ3n) is 2.41. The highest BCUT2D eigenvalue weighted by Crippen LogP contribution is 2.31. The van der Waals surface area contributed by atoms with Crippen molar-refractivity contribution in [2.45, 2.75) is 25.8 Å². The van der Waals surface area contributed by atoms with Crippen molar-refractivity contribution in [3.63, 3.8) is 0 Å². The van der Waals surface area contributed by atoms with Crippen molar-refractivity contribution >= 4 is 24.0 Å². The zero-order valence-corrected chi connectivity index (χ0v) is 10.8. The molecule has 0 aromatic heterocycles. The van der Waals surface area contributed by atoms with Crippen molar-refractivity contribution in [1.82, 2.24) is 0 Å². The molecule has 1 atom stereocenters. The first-order valence-electron chi connectivity index (χ1n) is 5.01. The van der Waals surface area contributed by atoms with Crippen molar-refractivity contribution < 1.29 is 5.11 Å². The zero-order chi connectivity index (χ0) is 11.4. The third-order valence-corrected chi connectivity index (χ3v) is 2.63. The summed E-state index contributed by atoms with van der Waals surface area (Å²) in [6.45, 7) is 2.41. The molecule has 0 fully saturated rings. The molecule has 92 valence electrons. The molecule has 0 radical (unpaired) electrons. The third kappa shape index (κ3) is 3.83. The second kappa shape index (κ2) is 6.97. The van der Waals surface area contributed by atoms with Crippen LogP contribution in [0.25, 0.3) is 0 Å². The number of aromatic hydroxyl groups is 1. The summed E-state index contributed by atoms with van der Waals surface area (Å²) in [7, 11) is 0. The molecule has 0 spiro atoms. The Morgan fingerprint density at radius 3 is 2.62 bits per heavy atom. The van der Waals surface area contributed by atoms with Gasteiger partial charge in [-0.15, -0.1) is 12.4 Å². The Balaban J connectivity index is 0.00000225. The second-order valence-corrected chi connectivity index (χ2v) is 4.13. The van der Waals surface area contributed by atoms with Gasteiger partial charge in [0.05, 0.1) is 0 Å². The van der Waals surface area contributed by atoms with E-state index in [4.69, 9.17) is 23.1 Å². The molecular weight excluding hydrogens is 247 g/mol. The molecule has 0 unspecified atom stereocenters. The average Bonchev–Trinajstić information content (AvgIpc) is 2.19. The molecule has 0 amide bonds. The lowest BCUT2D eigenvalue weighted by atomic mass is 9.99. The molecule has 1 aromatic rings. The molecular formula is C11H18Cl2N2O. The Morgan fingerprint density at radius 2 is 2.06 bits per heavy atom. The van der Waals surface area contributed by atoms with E-state index in [1.54, 1.807) is 19.1 Å². The summed E-state index contributed by atoms with van der Waals surface area (Å²) < 4.78 is 0. The van der Waals surface area contributed by atoms with E-state index in [1.807, 2.05) is 0 Å². The van der Waals surface area contributed by atoms with Gasteiger partial charge in [-0.3, -0.25) is 0 Å². The van der Waals surface area contributed by atoms with Gasteiger partial charge in [-0.05, 0) is 44.0 Å². The second-order valence-electron chi connectivity index (χ2n) is 3.70. The van der Waals surface area contributed by atoms with Crippen LogP contribution in [0, 0.1) is 6.92 Å². The van der Waals surface area contributed by atoms with E-state index in [1.165, 1.54) is 0 Å². The van der Waals surface area contributed by atoms with E-state index in [0.29, 0.717) is 17.1 Å². The predicted molar refractivity (Wildman–Crippen MR) is 70.3 cm³/mol. The standard InChI is InChI=1S/C11H17ClN2O.ClH/c1-7-5-8(12)6-9(11(7)15)10(14)3-2-4-13;/h5-6,10,15H,2-4,13-14H2,1H3;1H/t10-;/m0./s1. The number of aryl methyl sites for hydroxylation is 1. The molecule has 0 heterocycles. The van der Waals surface area contributed by atoms with Gasteiger partial charge in [0.15, 0.2) is 0 Å². The molecule has 1 rings (SSSR count). The van der Waals surface area contributed by atoms with E-state index < -0.39 is 0 Å². The molecule has 16 heavy (non-hydrogen) atoms. The average molecular weight is 265 g/mol. The van der Waals surface area contributed by atoms with Gasteiger partial charge in [0.1, 0.15) is 5.75 Å². The quantitative estimate of drug-likeness (QED) is 0.783. The fourth-order valence-corrected chi connectivity index (χ4v) is 1.82. The number of hydrogen-bond donors (Lipinski definition) is 3. The topological polar surface area (TPSA) is 72.3 Å². The van der Waals surface area contributed by atoms with Crippen molar-refractivity contribution in [3.05, 3.63) is 28.3 Å². The molecule has 0 aliphatic carbocycles. The SMILES string of the molecule is Cc1cc(Cl)cc([C@@H](N)CCCN)c1O.Cl. The lowest BCUT2D eigenvalue weighted by molar-refractivity contribution is 0.453. The maximum Gasteiger partial charge on any atom is 0.123 e. The first-order chi connectivity index (χ1) is 7.06. The van der Waals surface area contributed by atoms with Crippen LogP contribution in [0.4, 0.5) is 0 Å². The zero-order valence-electron chi connectivity index (χ0n) is 9.24. The molecule has 0 bridgehead atoms. The highest BCUT2D eigenvalue weighted by Gasteiger charge is 2.13. The van der Waals surface area contributed by atoms with Crippen LogP contribution in [-0.2, 0) is 0 Å². The van der Waals surface area contributed by atoms with Crippen LogP contribution in [0.15, 0.2) is 12.1 Å². The van der Waals surface area contributed by atoms with Crippen molar-refractivity contribution in [3.8, 4) is 5.75 Å². The first kappa shape index (κ1) is 15.5. The fourth-order valence-electron chi connectivity index (χ4n) is 1.54. The van der Waals surface area contributed by atoms with Crippen molar-refractivity contribution in [2.75, 3.05) is 6.54 Å². The van der Waals surface area contributed by atoms with E-state index in [9.17, 15) is 5.11 Å². The highest BCUT2D eigenvalue weighted by atomic mass is 35.5. The number of nitrogens with two attached hydrogens (primary N) is 2. The Bertz CT molecular complexity index is 345. The van der Waals surface area contributed by atoms with Crippen LogP contribution in [0.3, 0.4) is 0 Å². The van der Waals surface area contributed by atoms with Crippen LogP contribution >= 0.6 is 24.0 Å². The highest BCUT2D eigenvalue weighted by molar-refractivity contribution is 6.30. The lowest BCUT2D eigenvalue weighted by Crippen LogP contribution is -2.13. The minimum absolute atomic E-state index is 0. The van der Waals surface area contributed by atoms with Gasteiger partial charge in [0, 0.05) is 16.6 Å². The van der Waals surface area contributed by atoms with E-state index >= 15 is 0 Å². The largest absolute Gasteiger partial charge is 0.507 e. The molecule has 5 N–H and O–H groups in total. The van der Waals surface area contributed by atoms with Crippen LogP contribution in [-0.4, -0.2) is 11.7 Å². The smallest absolute Gasteiger partial charge is 0.123 e. The van der Waals surface area contributed by atoms with Crippen LogP contribution < -0.4 is 11.5 Å². The van der Waals surface area contributed by atoms with Gasteiger partial charge in [-0.25, -0.2) is 0 Å². The van der Waals surface area contributed by atoms with E-state index in [2.05, 4.69) is 0 Å². The van der Waals surface area contributed by atoms with Gasteiger partial charge in [0.2, 0.25) is 0 Å². The van der Waals surface area contributed by atoms with Gasteiger partial charge in [-0.2, -0.15) is 0 Å². The molecule has 0 saturated carbocycles. The fraction of sp³-hybridized carbons (Fsp3) is 0.455. The van der Waals surface area contributed by atoms with E-state index in [0.717, 1.165) is 18.4 Å². The predicted octanol–water partition coefficient (Wildman–Crippen LogP) is 2.51. The molecule has 3 nitrogen and oxygen atoms in total. The minimum Gasteiger partial charge on any atom is -0.507 e. The van der Waals surface area contributed by atoms with Gasteiger partial charge >= 0.3 is 0 Å². The number of hydrogen-bond acceptors (Lipinski definition) is 3. The molecule has 1 aromatic carbocycles. The lowest BCUT2D eigenvalue weighted by Gasteiger charge is -2.15. The molecule has 5 heteroatoms. The number of phenols is 1. The van der Waals surface area contributed by atoms with Gasteiger partial charge < -0.3 is 16.6 Å². The van der Waals surface area contributed by atoms with Gasteiger partial charge in [0.25, 0.3) is 0 Å². The number of rotatable bonds is 4. The summed E-state index contributed by atoms with van der Waals surface area (Å²) in [4.78, 5) is 0. The van der Waals surface area contributed by atoms with Crippen LogP contribution in [0.5, 0.6) is 5.75 Å². The number of halogens is 2. The minimum atomic E-state index is -0.203. The molecule has 0 aliphatic rings. The summed E-state index contributed by atoms with van der Waals surface area (Å²) in [6.07, 6.45) is 1.59. The number of phenolic OH excluding ortho intramolecular Hbond substituents is 1. The first-order valence-corrected chi connectivity index (χ1v) is 5.38. The summed E-state index contributed by atoms with van der Waals surface area (Å²) in [5.41, 5.74) is 12.8. The van der Waals surface area contributed by atoms with E-state index in [-0.39, 0.29) is 24.2 Å². The summed E-state index contributed by atoms with van der Waals surface area (Å²) in [5.74, 6) is 0.240. The summed E-state index contributed by atoms with van der Waals surface area (Å²) in [6, 6.07) is 3.23. The Hall–Kier alpha value is -0.480. The molecule has 0 aliphatic heterocycles. The Labute approximate surface area is 107 Å². The summed E-state index contributed by atoms with van der Waals surface area (Å²) >= 11 is 5.91. The van der Waals surface area contributed by atoms with Crippen LogP contribution in [0.1, 0.15) is 30.0 Å². The van der Waals surface area contributed by atoms with Crippen molar-refractivity contribution in [2.24, 2.45) is 11.5 Å². The Kier molecular flexibility index (Phi) is 6.76. The van der Waals surface area contributed by atoms with Crippen LogP contribution in [0.2, 0.25) is 5.02 Å². The maximum absolute atomic E-state index is 9.82. The maximum atomic E-state index is 9.82. The van der Waals surface area contributed by atoms with Gasteiger partial charge in [-0.1, -0.05) is 11.6 Å². The van der Waals surface area contributed by atoms with Crippen molar-refractivity contribution in [1.29, 1.82) is 0 Å². The molecule has 0 saturated heterocycles. The Morgan fingerprint density at radius 1 is 1.44 bits per heavy atom. The normalized spacial score (nSPS) is 12.0. The number of benzene rings is 1. The monoisotopic (exact) mass is 264 g/mol.